The Kier molecular flexibility index (Phi) is 6.15. The van der Waals surface area contributed by atoms with Crippen LogP contribution in [-0.4, -0.2) is 73.5 Å². The predicted molar refractivity (Wildman–Crippen MR) is 91.5 cm³/mol. The third kappa shape index (κ3) is 4.96. The number of hydrogen-bond donors (Lipinski definition) is 1. The average Bonchev–Trinajstić information content (AvgIpc) is 2.60. The molecule has 0 saturated carbocycles. The first kappa shape index (κ1) is 17.8. The molecule has 7 heteroatoms. The van der Waals surface area contributed by atoms with Gasteiger partial charge in [0.25, 0.3) is 0 Å². The number of urea groups is 1. The lowest BCUT2D eigenvalue weighted by atomic mass is 10.2. The summed E-state index contributed by atoms with van der Waals surface area (Å²) in [7, 11) is 3.52. The van der Waals surface area contributed by atoms with Gasteiger partial charge in [-0.2, -0.15) is 5.26 Å². The van der Waals surface area contributed by atoms with Crippen molar-refractivity contribution in [1.82, 2.24) is 14.7 Å². The first-order valence-electron chi connectivity index (χ1n) is 7.98. The number of piperazine rings is 1. The van der Waals surface area contributed by atoms with E-state index < -0.39 is 0 Å². The molecule has 7 nitrogen and oxygen atoms in total. The van der Waals surface area contributed by atoms with Gasteiger partial charge in [-0.15, -0.1) is 0 Å². The third-order valence-electron chi connectivity index (χ3n) is 4.07. The van der Waals surface area contributed by atoms with Crippen LogP contribution in [0.2, 0.25) is 0 Å². The fourth-order valence-corrected chi connectivity index (χ4v) is 2.48. The highest BCUT2D eigenvalue weighted by molar-refractivity contribution is 5.89. The Balaban J connectivity index is 1.76. The molecule has 2 rings (SSSR count). The summed E-state index contributed by atoms with van der Waals surface area (Å²) in [6, 6.07) is 8.71. The van der Waals surface area contributed by atoms with Crippen LogP contribution in [0.5, 0.6) is 0 Å². The van der Waals surface area contributed by atoms with E-state index in [2.05, 4.69) is 10.2 Å². The lowest BCUT2D eigenvalue weighted by Crippen LogP contribution is -2.50. The van der Waals surface area contributed by atoms with Crippen molar-refractivity contribution in [2.45, 2.75) is 6.42 Å². The van der Waals surface area contributed by atoms with E-state index in [9.17, 15) is 9.59 Å². The van der Waals surface area contributed by atoms with E-state index in [1.165, 1.54) is 0 Å². The summed E-state index contributed by atoms with van der Waals surface area (Å²) >= 11 is 0. The molecule has 0 radical (unpaired) electrons. The maximum Gasteiger partial charge on any atom is 0.321 e. The van der Waals surface area contributed by atoms with Gasteiger partial charge in [0, 0.05) is 58.9 Å². The molecule has 1 saturated heterocycles. The van der Waals surface area contributed by atoms with Crippen LogP contribution >= 0.6 is 0 Å². The smallest absolute Gasteiger partial charge is 0.321 e. The van der Waals surface area contributed by atoms with Crippen LogP contribution in [0.1, 0.15) is 12.0 Å². The predicted octanol–water partition coefficient (Wildman–Crippen LogP) is 1.19. The highest BCUT2D eigenvalue weighted by atomic mass is 16.2. The number of benzene rings is 1. The van der Waals surface area contributed by atoms with Crippen LogP contribution in [0.15, 0.2) is 24.3 Å². The number of nitriles is 1. The van der Waals surface area contributed by atoms with E-state index in [0.29, 0.717) is 30.8 Å². The van der Waals surface area contributed by atoms with Crippen LogP contribution in [0, 0.1) is 11.3 Å². The van der Waals surface area contributed by atoms with Crippen molar-refractivity contribution in [3.05, 3.63) is 29.8 Å². The Labute approximate surface area is 142 Å². The van der Waals surface area contributed by atoms with Crippen molar-refractivity contribution in [3.8, 4) is 6.07 Å². The molecule has 1 N–H and O–H groups in total. The molecule has 0 bridgehead atoms. The van der Waals surface area contributed by atoms with E-state index >= 15 is 0 Å². The number of nitrogens with one attached hydrogen (secondary N) is 1. The topological polar surface area (TPSA) is 79.7 Å². The molecule has 0 aliphatic carbocycles. The zero-order chi connectivity index (χ0) is 17.5. The second kappa shape index (κ2) is 8.31. The molecule has 1 fully saturated rings. The van der Waals surface area contributed by atoms with E-state index in [0.717, 1.165) is 19.6 Å². The second-order valence-electron chi connectivity index (χ2n) is 5.99. The van der Waals surface area contributed by atoms with E-state index in [1.807, 2.05) is 6.07 Å². The Morgan fingerprint density at radius 3 is 2.33 bits per heavy atom. The van der Waals surface area contributed by atoms with E-state index in [1.54, 1.807) is 48.2 Å². The van der Waals surface area contributed by atoms with E-state index in [4.69, 9.17) is 5.26 Å². The Morgan fingerprint density at radius 2 is 1.79 bits per heavy atom. The molecule has 0 aromatic heterocycles. The van der Waals surface area contributed by atoms with Crippen molar-refractivity contribution in [1.29, 1.82) is 5.26 Å². The van der Waals surface area contributed by atoms with Gasteiger partial charge in [0.1, 0.15) is 0 Å². The molecule has 1 aliphatic rings. The van der Waals surface area contributed by atoms with Gasteiger partial charge in [-0.25, -0.2) is 4.79 Å². The van der Waals surface area contributed by atoms with Crippen molar-refractivity contribution in [3.63, 3.8) is 0 Å². The summed E-state index contributed by atoms with van der Waals surface area (Å²) in [5.74, 6) is 0.121. The van der Waals surface area contributed by atoms with Gasteiger partial charge in [0.05, 0.1) is 11.6 Å². The van der Waals surface area contributed by atoms with Crippen molar-refractivity contribution < 1.29 is 9.59 Å². The highest BCUT2D eigenvalue weighted by Gasteiger charge is 2.21. The van der Waals surface area contributed by atoms with Gasteiger partial charge in [-0.3, -0.25) is 9.69 Å². The van der Waals surface area contributed by atoms with Gasteiger partial charge in [0.2, 0.25) is 5.91 Å². The fraction of sp³-hybridized carbons (Fsp3) is 0.471. The van der Waals surface area contributed by atoms with Crippen LogP contribution in [0.3, 0.4) is 0 Å². The highest BCUT2D eigenvalue weighted by Crippen LogP contribution is 2.11. The lowest BCUT2D eigenvalue weighted by Gasteiger charge is -2.34. The van der Waals surface area contributed by atoms with Crippen LogP contribution in [0.25, 0.3) is 0 Å². The number of nitrogens with zero attached hydrogens (tertiary/aromatic N) is 4. The van der Waals surface area contributed by atoms with Crippen molar-refractivity contribution >= 4 is 17.6 Å². The largest absolute Gasteiger partial charge is 0.349 e. The minimum Gasteiger partial charge on any atom is -0.349 e. The maximum atomic E-state index is 12.3. The van der Waals surface area contributed by atoms with Gasteiger partial charge in [-0.1, -0.05) is 0 Å². The molecule has 3 amide bonds. The molecule has 0 spiro atoms. The van der Waals surface area contributed by atoms with Gasteiger partial charge in [-0.05, 0) is 24.3 Å². The van der Waals surface area contributed by atoms with Gasteiger partial charge < -0.3 is 15.1 Å². The van der Waals surface area contributed by atoms with Gasteiger partial charge in [0.15, 0.2) is 0 Å². The van der Waals surface area contributed by atoms with Crippen LogP contribution in [-0.2, 0) is 4.79 Å². The maximum absolute atomic E-state index is 12.3. The molecule has 1 aliphatic heterocycles. The SMILES string of the molecule is CN(C)C(=O)CCN1CCN(C(=O)Nc2ccc(C#N)cc2)CC1. The first-order valence-corrected chi connectivity index (χ1v) is 7.98. The number of hydrogen-bond acceptors (Lipinski definition) is 4. The van der Waals surface area contributed by atoms with E-state index in [-0.39, 0.29) is 11.9 Å². The summed E-state index contributed by atoms with van der Waals surface area (Å²) in [6.45, 7) is 3.53. The summed E-state index contributed by atoms with van der Waals surface area (Å²) in [5, 5.41) is 11.6. The average molecular weight is 329 g/mol. The molecule has 1 aromatic carbocycles. The molecule has 1 heterocycles. The number of carbonyl (C=O) groups is 2. The number of carbonyl (C=O) groups excluding carboxylic acids is 2. The lowest BCUT2D eigenvalue weighted by molar-refractivity contribution is -0.129. The molecule has 128 valence electrons. The van der Waals surface area contributed by atoms with Crippen molar-refractivity contribution in [2.24, 2.45) is 0 Å². The number of anilines is 1. The number of amides is 3. The molecular weight excluding hydrogens is 306 g/mol. The minimum atomic E-state index is -0.135. The van der Waals surface area contributed by atoms with Crippen LogP contribution < -0.4 is 5.32 Å². The van der Waals surface area contributed by atoms with Crippen molar-refractivity contribution in [2.75, 3.05) is 52.1 Å². The molecule has 0 unspecified atom stereocenters. The minimum absolute atomic E-state index is 0.121. The molecule has 1 aromatic rings. The third-order valence-corrected chi connectivity index (χ3v) is 4.07. The molecule has 0 atom stereocenters. The summed E-state index contributed by atoms with van der Waals surface area (Å²) in [4.78, 5) is 29.4. The summed E-state index contributed by atoms with van der Waals surface area (Å²) < 4.78 is 0. The Hall–Kier alpha value is -2.59. The first-order chi connectivity index (χ1) is 11.5. The monoisotopic (exact) mass is 329 g/mol. The fourth-order valence-electron chi connectivity index (χ4n) is 2.48. The summed E-state index contributed by atoms with van der Waals surface area (Å²) in [6.07, 6.45) is 0.504. The standard InChI is InChI=1S/C17H23N5O2/c1-20(2)16(23)7-8-21-9-11-22(12-10-21)17(24)19-15-5-3-14(13-18)4-6-15/h3-6H,7-12H2,1-2H3,(H,19,24). The van der Waals surface area contributed by atoms with Crippen LogP contribution in [0.4, 0.5) is 10.5 Å². The molecular formula is C17H23N5O2. The quantitative estimate of drug-likeness (QED) is 0.900. The molecule has 24 heavy (non-hydrogen) atoms. The normalized spacial score (nSPS) is 14.8. The zero-order valence-electron chi connectivity index (χ0n) is 14.2. The van der Waals surface area contributed by atoms with Gasteiger partial charge >= 0.3 is 6.03 Å². The zero-order valence-corrected chi connectivity index (χ0v) is 14.2. The second-order valence-corrected chi connectivity index (χ2v) is 5.99. The Bertz CT molecular complexity index is 613. The number of rotatable bonds is 4. The Morgan fingerprint density at radius 1 is 1.17 bits per heavy atom. The summed E-state index contributed by atoms with van der Waals surface area (Å²) in [5.41, 5.74) is 1.24.